The minimum Gasteiger partial charge on any atom is -0.346 e. The molecule has 0 aliphatic carbocycles. The molecule has 1 unspecified atom stereocenters. The lowest BCUT2D eigenvalue weighted by molar-refractivity contribution is 0.0940. The van der Waals surface area contributed by atoms with Crippen LogP contribution in [0.1, 0.15) is 28.9 Å². The Hall–Kier alpha value is -0.740. The smallest absolute Gasteiger partial charge is 0.251 e. The summed E-state index contributed by atoms with van der Waals surface area (Å²) in [6.45, 7) is 1.88. The molecule has 0 aliphatic heterocycles. The van der Waals surface area contributed by atoms with Crippen LogP contribution in [0.25, 0.3) is 0 Å². The standard InChI is InChI=1S/C15H11BrCl3NO/c1-8(9-2-5-13(18)14(19)7-9)20-15(21)10-3-4-12(17)11(16)6-10/h2-8H,1H3,(H,20,21). The molecule has 110 valence electrons. The van der Waals surface area contributed by atoms with Gasteiger partial charge in [-0.15, -0.1) is 0 Å². The van der Waals surface area contributed by atoms with Crippen LogP contribution in [0.5, 0.6) is 0 Å². The van der Waals surface area contributed by atoms with Crippen LogP contribution in [0.2, 0.25) is 15.1 Å². The Morgan fingerprint density at radius 2 is 1.71 bits per heavy atom. The second-order valence-corrected chi connectivity index (χ2v) is 6.57. The molecule has 0 fully saturated rings. The van der Waals surface area contributed by atoms with Crippen molar-refractivity contribution in [3.05, 3.63) is 67.1 Å². The van der Waals surface area contributed by atoms with Crippen molar-refractivity contribution in [2.75, 3.05) is 0 Å². The summed E-state index contributed by atoms with van der Waals surface area (Å²) >= 11 is 21.1. The summed E-state index contributed by atoms with van der Waals surface area (Å²) in [4.78, 5) is 12.2. The van der Waals surface area contributed by atoms with Crippen LogP contribution in [-0.4, -0.2) is 5.91 Å². The number of carbonyl (C=O) groups is 1. The van der Waals surface area contributed by atoms with Gasteiger partial charge in [0, 0.05) is 10.0 Å². The minimum absolute atomic E-state index is 0.189. The zero-order valence-electron chi connectivity index (χ0n) is 11.0. The van der Waals surface area contributed by atoms with E-state index in [9.17, 15) is 4.79 Å². The summed E-state index contributed by atoms with van der Waals surface area (Å²) in [5.41, 5.74) is 1.41. The molecular weight excluding hydrogens is 396 g/mol. The maximum atomic E-state index is 12.2. The number of hydrogen-bond donors (Lipinski definition) is 1. The first-order chi connectivity index (χ1) is 9.88. The molecule has 0 bridgehead atoms. The predicted molar refractivity (Wildman–Crippen MR) is 91.5 cm³/mol. The fraction of sp³-hybridized carbons (Fsp3) is 0.133. The topological polar surface area (TPSA) is 29.1 Å². The molecule has 0 aromatic heterocycles. The largest absolute Gasteiger partial charge is 0.346 e. The monoisotopic (exact) mass is 405 g/mol. The van der Waals surface area contributed by atoms with Gasteiger partial charge in [0.05, 0.1) is 21.1 Å². The molecule has 2 rings (SSSR count). The Morgan fingerprint density at radius 1 is 1.05 bits per heavy atom. The molecule has 1 atom stereocenters. The second kappa shape index (κ2) is 7.01. The normalized spacial score (nSPS) is 12.0. The van der Waals surface area contributed by atoms with Crippen molar-refractivity contribution in [2.45, 2.75) is 13.0 Å². The molecule has 6 heteroatoms. The first-order valence-electron chi connectivity index (χ1n) is 6.09. The van der Waals surface area contributed by atoms with E-state index in [1.54, 1.807) is 30.3 Å². The molecule has 2 aromatic rings. The van der Waals surface area contributed by atoms with Crippen molar-refractivity contribution in [3.8, 4) is 0 Å². The first-order valence-corrected chi connectivity index (χ1v) is 8.02. The highest BCUT2D eigenvalue weighted by atomic mass is 79.9. The van der Waals surface area contributed by atoms with Gasteiger partial charge in [0.25, 0.3) is 5.91 Å². The van der Waals surface area contributed by atoms with Crippen molar-refractivity contribution in [1.82, 2.24) is 5.32 Å². The van der Waals surface area contributed by atoms with Gasteiger partial charge in [-0.05, 0) is 58.7 Å². The maximum absolute atomic E-state index is 12.2. The van der Waals surface area contributed by atoms with E-state index in [4.69, 9.17) is 34.8 Å². The summed E-state index contributed by atoms with van der Waals surface area (Å²) < 4.78 is 0.680. The molecule has 0 saturated carbocycles. The van der Waals surface area contributed by atoms with Gasteiger partial charge in [-0.1, -0.05) is 40.9 Å². The summed E-state index contributed by atoms with van der Waals surface area (Å²) in [5.74, 6) is -0.189. The van der Waals surface area contributed by atoms with Crippen LogP contribution in [0, 0.1) is 0 Å². The van der Waals surface area contributed by atoms with Gasteiger partial charge in [-0.2, -0.15) is 0 Å². The van der Waals surface area contributed by atoms with Gasteiger partial charge in [0.2, 0.25) is 0 Å². The Kier molecular flexibility index (Phi) is 5.55. The van der Waals surface area contributed by atoms with Crippen LogP contribution in [0.3, 0.4) is 0 Å². The highest BCUT2D eigenvalue weighted by Gasteiger charge is 2.13. The Balaban J connectivity index is 2.14. The van der Waals surface area contributed by atoms with Crippen molar-refractivity contribution in [2.24, 2.45) is 0 Å². The molecule has 0 aliphatic rings. The van der Waals surface area contributed by atoms with E-state index in [0.29, 0.717) is 25.1 Å². The van der Waals surface area contributed by atoms with E-state index in [1.165, 1.54) is 0 Å². The van der Waals surface area contributed by atoms with Gasteiger partial charge in [-0.25, -0.2) is 0 Å². The van der Waals surface area contributed by atoms with Crippen LogP contribution in [-0.2, 0) is 0 Å². The number of halogens is 4. The number of carbonyl (C=O) groups excluding carboxylic acids is 1. The van der Waals surface area contributed by atoms with Crippen molar-refractivity contribution >= 4 is 56.6 Å². The predicted octanol–water partition coefficient (Wildman–Crippen LogP) is 5.90. The van der Waals surface area contributed by atoms with Crippen molar-refractivity contribution in [3.63, 3.8) is 0 Å². The fourth-order valence-electron chi connectivity index (χ4n) is 1.78. The average Bonchev–Trinajstić information content (AvgIpc) is 2.44. The third kappa shape index (κ3) is 4.13. The van der Waals surface area contributed by atoms with Crippen molar-refractivity contribution < 1.29 is 4.79 Å². The third-order valence-corrected chi connectivity index (χ3v) is 4.93. The van der Waals surface area contributed by atoms with Crippen LogP contribution in [0.15, 0.2) is 40.9 Å². The number of hydrogen-bond acceptors (Lipinski definition) is 1. The van der Waals surface area contributed by atoms with Crippen molar-refractivity contribution in [1.29, 1.82) is 0 Å². The minimum atomic E-state index is -0.193. The quantitative estimate of drug-likeness (QED) is 0.674. The lowest BCUT2D eigenvalue weighted by Crippen LogP contribution is -2.26. The molecule has 0 spiro atoms. The SMILES string of the molecule is CC(NC(=O)c1ccc(Cl)c(Br)c1)c1ccc(Cl)c(Cl)c1. The van der Waals surface area contributed by atoms with E-state index >= 15 is 0 Å². The Bertz CT molecular complexity index is 691. The lowest BCUT2D eigenvalue weighted by atomic mass is 10.1. The average molecular weight is 408 g/mol. The highest BCUT2D eigenvalue weighted by molar-refractivity contribution is 9.10. The molecular formula is C15H11BrCl3NO. The van der Waals surface area contributed by atoms with Gasteiger partial charge in [0.1, 0.15) is 0 Å². The fourth-order valence-corrected chi connectivity index (χ4v) is 2.59. The van der Waals surface area contributed by atoms with Crippen LogP contribution >= 0.6 is 50.7 Å². The number of nitrogens with one attached hydrogen (secondary N) is 1. The summed E-state index contributed by atoms with van der Waals surface area (Å²) in [6.07, 6.45) is 0. The molecule has 2 aromatic carbocycles. The zero-order valence-corrected chi connectivity index (χ0v) is 14.8. The van der Waals surface area contributed by atoms with Gasteiger partial charge < -0.3 is 5.32 Å². The second-order valence-electron chi connectivity index (χ2n) is 4.50. The van der Waals surface area contributed by atoms with Gasteiger partial charge in [0.15, 0.2) is 0 Å². The molecule has 0 radical (unpaired) electrons. The molecule has 0 heterocycles. The summed E-state index contributed by atoms with van der Waals surface area (Å²) in [7, 11) is 0. The first kappa shape index (κ1) is 16.6. The molecule has 0 saturated heterocycles. The van der Waals surface area contributed by atoms with Crippen LogP contribution in [0.4, 0.5) is 0 Å². The van der Waals surface area contributed by atoms with E-state index in [2.05, 4.69) is 21.2 Å². The number of rotatable bonds is 3. The Morgan fingerprint density at radius 3 is 2.33 bits per heavy atom. The van der Waals surface area contributed by atoms with Crippen LogP contribution < -0.4 is 5.32 Å². The summed E-state index contributed by atoms with van der Waals surface area (Å²) in [5, 5.41) is 4.41. The maximum Gasteiger partial charge on any atom is 0.251 e. The molecule has 1 N–H and O–H groups in total. The van der Waals surface area contributed by atoms with Gasteiger partial charge in [-0.3, -0.25) is 4.79 Å². The zero-order chi connectivity index (χ0) is 15.6. The molecule has 1 amide bonds. The Labute approximate surface area is 146 Å². The number of amides is 1. The van der Waals surface area contributed by atoms with Gasteiger partial charge >= 0.3 is 0 Å². The third-order valence-electron chi connectivity index (χ3n) is 2.97. The van der Waals surface area contributed by atoms with E-state index in [1.807, 2.05) is 13.0 Å². The number of benzene rings is 2. The molecule has 2 nitrogen and oxygen atoms in total. The highest BCUT2D eigenvalue weighted by Crippen LogP contribution is 2.26. The summed E-state index contributed by atoms with van der Waals surface area (Å²) in [6, 6.07) is 10.1. The lowest BCUT2D eigenvalue weighted by Gasteiger charge is -2.15. The van der Waals surface area contributed by atoms with E-state index in [0.717, 1.165) is 5.56 Å². The molecule has 21 heavy (non-hydrogen) atoms. The van der Waals surface area contributed by atoms with E-state index in [-0.39, 0.29) is 11.9 Å². The van der Waals surface area contributed by atoms with E-state index < -0.39 is 0 Å².